The molecule has 0 saturated heterocycles. The molecule has 1 N–H and O–H groups in total. The molecule has 0 bridgehead atoms. The molecule has 1 unspecified atom stereocenters. The minimum Gasteiger partial charge on any atom is -0.309 e. The second-order valence-corrected chi connectivity index (χ2v) is 5.39. The summed E-state index contributed by atoms with van der Waals surface area (Å²) in [6, 6.07) is 10.9. The van der Waals surface area contributed by atoms with Crippen LogP contribution in [0.2, 0.25) is 0 Å². The molecule has 1 atom stereocenters. The van der Waals surface area contributed by atoms with E-state index in [1.807, 2.05) is 12.3 Å². The number of hydrogen-bond acceptors (Lipinski definition) is 2. The first-order chi connectivity index (χ1) is 9.63. The highest BCUT2D eigenvalue weighted by atomic mass is 14.9. The molecule has 0 fully saturated rings. The molecule has 1 aromatic heterocycles. The average molecular weight is 268 g/mol. The number of rotatable bonds is 5. The van der Waals surface area contributed by atoms with E-state index in [4.69, 9.17) is 0 Å². The fraction of sp³-hybridized carbons (Fsp3) is 0.389. The van der Waals surface area contributed by atoms with Gasteiger partial charge in [-0.15, -0.1) is 0 Å². The molecule has 0 radical (unpaired) electrons. The van der Waals surface area contributed by atoms with Crippen LogP contribution in [0, 0.1) is 20.8 Å². The van der Waals surface area contributed by atoms with Gasteiger partial charge in [0.15, 0.2) is 0 Å². The Morgan fingerprint density at radius 1 is 1.00 bits per heavy atom. The van der Waals surface area contributed by atoms with Crippen LogP contribution in [0.15, 0.2) is 36.5 Å². The summed E-state index contributed by atoms with van der Waals surface area (Å²) in [5.74, 6) is 0. The Kier molecular flexibility index (Phi) is 4.91. The molecular weight excluding hydrogens is 244 g/mol. The van der Waals surface area contributed by atoms with E-state index >= 15 is 0 Å². The molecule has 1 aromatic carbocycles. The Hall–Kier alpha value is -1.67. The third-order valence-corrected chi connectivity index (χ3v) is 3.88. The van der Waals surface area contributed by atoms with E-state index in [-0.39, 0.29) is 6.04 Å². The van der Waals surface area contributed by atoms with Gasteiger partial charge in [-0.05, 0) is 62.1 Å². The van der Waals surface area contributed by atoms with Gasteiger partial charge in [0.25, 0.3) is 0 Å². The maximum Gasteiger partial charge on any atom is 0.0605 e. The van der Waals surface area contributed by atoms with Crippen molar-refractivity contribution in [2.75, 3.05) is 6.54 Å². The van der Waals surface area contributed by atoms with Crippen LogP contribution >= 0.6 is 0 Å². The van der Waals surface area contributed by atoms with Crippen LogP contribution in [-0.2, 0) is 6.42 Å². The lowest BCUT2D eigenvalue weighted by Gasteiger charge is -2.21. The summed E-state index contributed by atoms with van der Waals surface area (Å²) in [7, 11) is 0. The zero-order chi connectivity index (χ0) is 14.5. The summed E-state index contributed by atoms with van der Waals surface area (Å²) in [5.41, 5.74) is 6.58. The molecule has 2 aromatic rings. The molecule has 0 spiro atoms. The van der Waals surface area contributed by atoms with Crippen LogP contribution in [-0.4, -0.2) is 11.5 Å². The van der Waals surface area contributed by atoms with Gasteiger partial charge in [-0.2, -0.15) is 0 Å². The Balaban J connectivity index is 2.33. The van der Waals surface area contributed by atoms with E-state index in [1.54, 1.807) is 0 Å². The van der Waals surface area contributed by atoms with Crippen molar-refractivity contribution in [2.45, 2.75) is 40.2 Å². The summed E-state index contributed by atoms with van der Waals surface area (Å²) >= 11 is 0. The van der Waals surface area contributed by atoms with Crippen molar-refractivity contribution in [1.29, 1.82) is 0 Å². The SMILES string of the molecule is CCNC(Cc1c(C)cccc1C)c1ncccc1C. The van der Waals surface area contributed by atoms with E-state index in [1.165, 1.54) is 22.3 Å². The highest BCUT2D eigenvalue weighted by Crippen LogP contribution is 2.23. The van der Waals surface area contributed by atoms with Crippen LogP contribution in [0.5, 0.6) is 0 Å². The number of nitrogens with one attached hydrogen (secondary N) is 1. The lowest BCUT2D eigenvalue weighted by molar-refractivity contribution is 0.532. The Bertz CT molecular complexity index is 555. The highest BCUT2D eigenvalue weighted by molar-refractivity contribution is 5.35. The molecule has 0 aliphatic rings. The smallest absolute Gasteiger partial charge is 0.0605 e. The molecule has 20 heavy (non-hydrogen) atoms. The second kappa shape index (κ2) is 6.67. The molecule has 106 valence electrons. The topological polar surface area (TPSA) is 24.9 Å². The minimum atomic E-state index is 0.279. The first kappa shape index (κ1) is 14.7. The lowest BCUT2D eigenvalue weighted by atomic mass is 9.93. The van der Waals surface area contributed by atoms with Crippen LogP contribution < -0.4 is 5.32 Å². The largest absolute Gasteiger partial charge is 0.309 e. The van der Waals surface area contributed by atoms with E-state index in [9.17, 15) is 0 Å². The van der Waals surface area contributed by atoms with Crippen molar-refractivity contribution >= 4 is 0 Å². The van der Waals surface area contributed by atoms with Gasteiger partial charge in [0, 0.05) is 6.20 Å². The van der Waals surface area contributed by atoms with Gasteiger partial charge in [-0.25, -0.2) is 0 Å². The first-order valence-corrected chi connectivity index (χ1v) is 7.33. The number of aromatic nitrogens is 1. The number of likely N-dealkylation sites (N-methyl/N-ethyl adjacent to an activating group) is 1. The van der Waals surface area contributed by atoms with E-state index in [0.29, 0.717) is 0 Å². The second-order valence-electron chi connectivity index (χ2n) is 5.39. The first-order valence-electron chi connectivity index (χ1n) is 7.33. The lowest BCUT2D eigenvalue weighted by Crippen LogP contribution is -2.25. The van der Waals surface area contributed by atoms with Crippen molar-refractivity contribution in [2.24, 2.45) is 0 Å². The number of pyridine rings is 1. The van der Waals surface area contributed by atoms with Crippen LogP contribution in [0.1, 0.15) is 40.9 Å². The van der Waals surface area contributed by atoms with Crippen LogP contribution in [0.25, 0.3) is 0 Å². The maximum absolute atomic E-state index is 4.59. The zero-order valence-electron chi connectivity index (χ0n) is 12.9. The number of benzene rings is 1. The van der Waals surface area contributed by atoms with Gasteiger partial charge in [0.2, 0.25) is 0 Å². The molecule has 1 heterocycles. The third-order valence-electron chi connectivity index (χ3n) is 3.88. The van der Waals surface area contributed by atoms with Crippen molar-refractivity contribution in [3.63, 3.8) is 0 Å². The molecule has 0 aliphatic carbocycles. The van der Waals surface area contributed by atoms with E-state index in [0.717, 1.165) is 18.7 Å². The number of nitrogens with zero attached hydrogens (tertiary/aromatic N) is 1. The van der Waals surface area contributed by atoms with E-state index < -0.39 is 0 Å². The normalized spacial score (nSPS) is 12.4. The Morgan fingerprint density at radius 3 is 2.25 bits per heavy atom. The van der Waals surface area contributed by atoms with Gasteiger partial charge in [0.05, 0.1) is 11.7 Å². The average Bonchev–Trinajstić information content (AvgIpc) is 2.43. The molecular formula is C18H24N2. The van der Waals surface area contributed by atoms with Gasteiger partial charge >= 0.3 is 0 Å². The van der Waals surface area contributed by atoms with E-state index in [2.05, 4.69) is 62.3 Å². The van der Waals surface area contributed by atoms with Crippen molar-refractivity contribution in [3.8, 4) is 0 Å². The van der Waals surface area contributed by atoms with Crippen LogP contribution in [0.3, 0.4) is 0 Å². The summed E-state index contributed by atoms with van der Waals surface area (Å²) in [6.45, 7) is 9.62. The highest BCUT2D eigenvalue weighted by Gasteiger charge is 2.16. The summed E-state index contributed by atoms with van der Waals surface area (Å²) in [4.78, 5) is 4.59. The molecule has 2 nitrogen and oxygen atoms in total. The Labute approximate surface area is 122 Å². The summed E-state index contributed by atoms with van der Waals surface area (Å²) < 4.78 is 0. The van der Waals surface area contributed by atoms with Gasteiger partial charge in [0.1, 0.15) is 0 Å². The molecule has 2 rings (SSSR count). The van der Waals surface area contributed by atoms with Crippen molar-refractivity contribution in [3.05, 3.63) is 64.5 Å². The van der Waals surface area contributed by atoms with Gasteiger partial charge < -0.3 is 5.32 Å². The quantitative estimate of drug-likeness (QED) is 0.889. The minimum absolute atomic E-state index is 0.279. The molecule has 0 amide bonds. The molecule has 2 heteroatoms. The predicted octanol–water partition coefficient (Wildman–Crippen LogP) is 3.90. The zero-order valence-corrected chi connectivity index (χ0v) is 12.9. The maximum atomic E-state index is 4.59. The van der Waals surface area contributed by atoms with Crippen LogP contribution in [0.4, 0.5) is 0 Å². The molecule has 0 aliphatic heterocycles. The molecule has 0 saturated carbocycles. The van der Waals surface area contributed by atoms with Gasteiger partial charge in [-0.3, -0.25) is 4.98 Å². The number of hydrogen-bond donors (Lipinski definition) is 1. The third kappa shape index (κ3) is 3.26. The van der Waals surface area contributed by atoms with Crippen molar-refractivity contribution < 1.29 is 0 Å². The van der Waals surface area contributed by atoms with Gasteiger partial charge in [-0.1, -0.05) is 31.2 Å². The summed E-state index contributed by atoms with van der Waals surface area (Å²) in [6.07, 6.45) is 2.88. The summed E-state index contributed by atoms with van der Waals surface area (Å²) in [5, 5.41) is 3.58. The van der Waals surface area contributed by atoms with Crippen molar-refractivity contribution in [1.82, 2.24) is 10.3 Å². The fourth-order valence-corrected chi connectivity index (χ4v) is 2.75. The standard InChI is InChI=1S/C18H24N2/c1-5-19-17(18-15(4)10-7-11-20-18)12-16-13(2)8-6-9-14(16)3/h6-11,17,19H,5,12H2,1-4H3. The monoisotopic (exact) mass is 268 g/mol. The predicted molar refractivity (Wildman–Crippen MR) is 85.0 cm³/mol. The number of aryl methyl sites for hydroxylation is 3. The Morgan fingerprint density at radius 2 is 1.65 bits per heavy atom. The fourth-order valence-electron chi connectivity index (χ4n) is 2.75.